The topological polar surface area (TPSA) is 12.0 Å². The summed E-state index contributed by atoms with van der Waals surface area (Å²) in [5.41, 5.74) is 1.52. The van der Waals surface area contributed by atoms with E-state index in [1.54, 1.807) is 12.1 Å². The smallest absolute Gasteiger partial charge is 0.159 e. The van der Waals surface area contributed by atoms with E-state index in [1.807, 2.05) is 13.8 Å². The second kappa shape index (κ2) is 6.09. The van der Waals surface area contributed by atoms with Crippen molar-refractivity contribution in [2.75, 3.05) is 0 Å². The lowest BCUT2D eigenvalue weighted by Gasteiger charge is -2.10. The highest BCUT2D eigenvalue weighted by Crippen LogP contribution is 2.23. The maximum Gasteiger partial charge on any atom is 0.159 e. The third kappa shape index (κ3) is 3.39. The summed E-state index contributed by atoms with van der Waals surface area (Å²) in [6, 6.07) is 8.49. The number of benzene rings is 2. The van der Waals surface area contributed by atoms with Crippen molar-refractivity contribution < 1.29 is 13.2 Å². The van der Waals surface area contributed by atoms with Crippen LogP contribution in [0.1, 0.15) is 19.4 Å². The Balaban J connectivity index is 2.26. The van der Waals surface area contributed by atoms with E-state index in [2.05, 4.69) is 5.32 Å². The van der Waals surface area contributed by atoms with Crippen LogP contribution in [0.2, 0.25) is 0 Å². The lowest BCUT2D eigenvalue weighted by atomic mass is 10.0. The molecule has 0 saturated carbocycles. The third-order valence-corrected chi connectivity index (χ3v) is 3.01. The fourth-order valence-electron chi connectivity index (χ4n) is 1.86. The molecule has 0 aromatic heterocycles. The van der Waals surface area contributed by atoms with Crippen molar-refractivity contribution in [1.82, 2.24) is 5.32 Å². The molecule has 0 spiro atoms. The predicted octanol–water partition coefficient (Wildman–Crippen LogP) is 4.27. The molecule has 0 unspecified atom stereocenters. The van der Waals surface area contributed by atoms with Gasteiger partial charge in [-0.25, -0.2) is 13.2 Å². The van der Waals surface area contributed by atoms with E-state index in [4.69, 9.17) is 0 Å². The van der Waals surface area contributed by atoms with Crippen molar-refractivity contribution in [3.63, 3.8) is 0 Å². The van der Waals surface area contributed by atoms with E-state index in [9.17, 15) is 13.2 Å². The molecule has 106 valence electrons. The fraction of sp³-hybridized carbons (Fsp3) is 0.250. The first-order chi connectivity index (χ1) is 9.47. The van der Waals surface area contributed by atoms with E-state index in [-0.39, 0.29) is 11.9 Å². The predicted molar refractivity (Wildman–Crippen MR) is 73.7 cm³/mol. The quantitative estimate of drug-likeness (QED) is 0.881. The number of nitrogens with one attached hydrogen (secondary N) is 1. The Labute approximate surface area is 116 Å². The van der Waals surface area contributed by atoms with Gasteiger partial charge in [0.25, 0.3) is 0 Å². The molecule has 1 nitrogen and oxygen atoms in total. The summed E-state index contributed by atoms with van der Waals surface area (Å²) in [6.45, 7) is 4.39. The van der Waals surface area contributed by atoms with Gasteiger partial charge < -0.3 is 5.32 Å². The molecule has 0 aliphatic rings. The average Bonchev–Trinajstić information content (AvgIpc) is 2.40. The molecule has 20 heavy (non-hydrogen) atoms. The maximum absolute atomic E-state index is 14.0. The lowest BCUT2D eigenvalue weighted by molar-refractivity contribution is 0.509. The summed E-state index contributed by atoms with van der Waals surface area (Å²) < 4.78 is 40.0. The third-order valence-electron chi connectivity index (χ3n) is 3.01. The summed E-state index contributed by atoms with van der Waals surface area (Å²) in [7, 11) is 0. The monoisotopic (exact) mass is 279 g/mol. The summed E-state index contributed by atoms with van der Waals surface area (Å²) in [4.78, 5) is 0. The second-order valence-electron chi connectivity index (χ2n) is 4.97. The molecule has 0 bridgehead atoms. The lowest BCUT2D eigenvalue weighted by Crippen LogP contribution is -2.22. The van der Waals surface area contributed by atoms with Crippen molar-refractivity contribution >= 4 is 0 Å². The van der Waals surface area contributed by atoms with Gasteiger partial charge in [0.2, 0.25) is 0 Å². The van der Waals surface area contributed by atoms with E-state index < -0.39 is 11.6 Å². The molecular weight excluding hydrogens is 263 g/mol. The van der Waals surface area contributed by atoms with Crippen LogP contribution in [0.25, 0.3) is 11.1 Å². The maximum atomic E-state index is 14.0. The largest absolute Gasteiger partial charge is 0.310 e. The number of hydrogen-bond acceptors (Lipinski definition) is 1. The van der Waals surface area contributed by atoms with Crippen LogP contribution in [0.5, 0.6) is 0 Å². The van der Waals surface area contributed by atoms with Crippen LogP contribution in [0.3, 0.4) is 0 Å². The Bertz CT molecular complexity index is 609. The highest BCUT2D eigenvalue weighted by molar-refractivity contribution is 5.63. The molecule has 1 N–H and O–H groups in total. The van der Waals surface area contributed by atoms with Crippen molar-refractivity contribution in [2.24, 2.45) is 0 Å². The molecule has 2 aromatic carbocycles. The van der Waals surface area contributed by atoms with Gasteiger partial charge in [-0.3, -0.25) is 0 Å². The van der Waals surface area contributed by atoms with Gasteiger partial charge in [0.1, 0.15) is 5.82 Å². The van der Waals surface area contributed by atoms with E-state index in [0.29, 0.717) is 23.2 Å². The van der Waals surface area contributed by atoms with Gasteiger partial charge in [-0.1, -0.05) is 32.0 Å². The van der Waals surface area contributed by atoms with Gasteiger partial charge in [0.15, 0.2) is 11.6 Å². The van der Waals surface area contributed by atoms with Gasteiger partial charge in [-0.2, -0.15) is 0 Å². The molecule has 0 atom stereocenters. The highest BCUT2D eigenvalue weighted by Gasteiger charge is 2.08. The average molecular weight is 279 g/mol. The molecule has 2 rings (SSSR count). The second-order valence-corrected chi connectivity index (χ2v) is 4.97. The zero-order valence-corrected chi connectivity index (χ0v) is 11.4. The summed E-state index contributed by atoms with van der Waals surface area (Å²) >= 11 is 0. The number of halogens is 3. The van der Waals surface area contributed by atoms with Crippen LogP contribution < -0.4 is 5.32 Å². The molecule has 2 aromatic rings. The van der Waals surface area contributed by atoms with Crippen molar-refractivity contribution in [3.8, 4) is 11.1 Å². The molecular formula is C16H16F3N. The van der Waals surface area contributed by atoms with E-state index in [1.165, 1.54) is 12.1 Å². The van der Waals surface area contributed by atoms with Crippen LogP contribution in [-0.4, -0.2) is 6.04 Å². The Morgan fingerprint density at radius 3 is 2.00 bits per heavy atom. The minimum absolute atomic E-state index is 0.264. The number of rotatable bonds is 4. The zero-order valence-electron chi connectivity index (χ0n) is 11.4. The van der Waals surface area contributed by atoms with Gasteiger partial charge in [0.05, 0.1) is 0 Å². The molecule has 0 heterocycles. The van der Waals surface area contributed by atoms with Crippen LogP contribution >= 0.6 is 0 Å². The Hall–Kier alpha value is -1.81. The molecule has 4 heteroatoms. The standard InChI is InChI=1S/C16H16F3N/c1-10(2)20-9-13-4-3-11(7-15(13)18)12-5-6-14(17)16(19)8-12/h3-8,10,20H,9H2,1-2H3. The van der Waals surface area contributed by atoms with Crippen LogP contribution in [-0.2, 0) is 6.54 Å². The molecule has 0 amide bonds. The van der Waals surface area contributed by atoms with Gasteiger partial charge in [-0.05, 0) is 29.3 Å². The zero-order chi connectivity index (χ0) is 14.7. The normalized spacial score (nSPS) is 11.1. The van der Waals surface area contributed by atoms with Crippen molar-refractivity contribution in [3.05, 3.63) is 59.4 Å². The highest BCUT2D eigenvalue weighted by atomic mass is 19.2. The molecule has 0 aliphatic heterocycles. The Morgan fingerprint density at radius 1 is 0.850 bits per heavy atom. The van der Waals surface area contributed by atoms with Gasteiger partial charge >= 0.3 is 0 Å². The van der Waals surface area contributed by atoms with Crippen LogP contribution in [0.15, 0.2) is 36.4 Å². The van der Waals surface area contributed by atoms with E-state index >= 15 is 0 Å². The first-order valence-corrected chi connectivity index (χ1v) is 6.44. The van der Waals surface area contributed by atoms with Crippen molar-refractivity contribution in [2.45, 2.75) is 26.4 Å². The van der Waals surface area contributed by atoms with Gasteiger partial charge in [0, 0.05) is 18.2 Å². The molecule has 0 aliphatic carbocycles. The van der Waals surface area contributed by atoms with E-state index in [0.717, 1.165) is 12.1 Å². The van der Waals surface area contributed by atoms with Crippen molar-refractivity contribution in [1.29, 1.82) is 0 Å². The van der Waals surface area contributed by atoms with Crippen LogP contribution in [0, 0.1) is 17.5 Å². The molecule has 0 fully saturated rings. The Kier molecular flexibility index (Phi) is 4.45. The fourth-order valence-corrected chi connectivity index (χ4v) is 1.86. The molecule has 0 radical (unpaired) electrons. The first kappa shape index (κ1) is 14.6. The minimum atomic E-state index is -0.937. The molecule has 0 saturated heterocycles. The summed E-state index contributed by atoms with van der Waals surface area (Å²) in [5, 5.41) is 3.13. The summed E-state index contributed by atoms with van der Waals surface area (Å²) in [6.07, 6.45) is 0. The Morgan fingerprint density at radius 2 is 1.45 bits per heavy atom. The van der Waals surface area contributed by atoms with Gasteiger partial charge in [-0.15, -0.1) is 0 Å². The van der Waals surface area contributed by atoms with Crippen LogP contribution in [0.4, 0.5) is 13.2 Å². The SMILES string of the molecule is CC(C)NCc1ccc(-c2ccc(F)c(F)c2)cc1F. The number of hydrogen-bond donors (Lipinski definition) is 1. The first-order valence-electron chi connectivity index (χ1n) is 6.44. The minimum Gasteiger partial charge on any atom is -0.310 e. The summed E-state index contributed by atoms with van der Waals surface area (Å²) in [5.74, 6) is -2.21.